The largest absolute Gasteiger partial charge is 0.496 e. The summed E-state index contributed by atoms with van der Waals surface area (Å²) < 4.78 is 5.25. The third kappa shape index (κ3) is 4.89. The average Bonchev–Trinajstić information content (AvgIpc) is 2.33. The van der Waals surface area contributed by atoms with E-state index in [4.69, 9.17) is 15.6 Å². The summed E-state index contributed by atoms with van der Waals surface area (Å²) in [6.07, 6.45) is 0. The number of methoxy groups -OCH3 is 1. The van der Waals surface area contributed by atoms with Crippen molar-refractivity contribution in [3.8, 4) is 5.75 Å². The Morgan fingerprint density at radius 2 is 1.78 bits per heavy atom. The summed E-state index contributed by atoms with van der Waals surface area (Å²) in [5.41, 5.74) is 1.94. The number of ether oxygens (including phenoxy) is 1. The summed E-state index contributed by atoms with van der Waals surface area (Å²) in [7, 11) is 1.60. The molecule has 7 heteroatoms. The maximum absolute atomic E-state index is 7.22. The van der Waals surface area contributed by atoms with Crippen LogP contribution in [-0.4, -0.2) is 17.4 Å². The van der Waals surface area contributed by atoms with Crippen LogP contribution in [0.2, 0.25) is 0 Å². The van der Waals surface area contributed by atoms with Crippen molar-refractivity contribution in [1.82, 2.24) is 10.6 Å². The lowest BCUT2D eigenvalue weighted by molar-refractivity contribution is 0.409. The summed E-state index contributed by atoms with van der Waals surface area (Å²) in [6, 6.07) is 5.72. The van der Waals surface area contributed by atoms with Crippen LogP contribution in [0.15, 0.2) is 18.2 Å². The Morgan fingerprint density at radius 1 is 1.17 bits per heavy atom. The lowest BCUT2D eigenvalue weighted by Gasteiger charge is -2.12. The van der Waals surface area contributed by atoms with Gasteiger partial charge >= 0.3 is 0 Å². The van der Waals surface area contributed by atoms with E-state index < -0.39 is 0 Å². The molecule has 0 aromatic heterocycles. The van der Waals surface area contributed by atoms with E-state index in [0.29, 0.717) is 13.1 Å². The molecular formula is C11H16N4OS2. The molecule has 4 N–H and O–H groups in total. The van der Waals surface area contributed by atoms with Gasteiger partial charge in [0.2, 0.25) is 0 Å². The van der Waals surface area contributed by atoms with Gasteiger partial charge in [-0.05, 0) is 17.7 Å². The minimum atomic E-state index is 0.109. The van der Waals surface area contributed by atoms with Gasteiger partial charge in [0.25, 0.3) is 0 Å². The van der Waals surface area contributed by atoms with Gasteiger partial charge in [0.15, 0.2) is 10.3 Å². The van der Waals surface area contributed by atoms with Crippen molar-refractivity contribution in [1.29, 1.82) is 10.8 Å². The number of thiol groups is 2. The molecule has 5 nitrogen and oxygen atoms in total. The summed E-state index contributed by atoms with van der Waals surface area (Å²) >= 11 is 7.72. The molecule has 0 amide bonds. The molecule has 0 fully saturated rings. The summed E-state index contributed by atoms with van der Waals surface area (Å²) in [6.45, 7) is 0.995. The highest BCUT2D eigenvalue weighted by Gasteiger charge is 2.05. The van der Waals surface area contributed by atoms with Gasteiger partial charge in [-0.1, -0.05) is 6.07 Å². The van der Waals surface area contributed by atoms with Gasteiger partial charge in [0.05, 0.1) is 7.11 Å². The predicted molar refractivity (Wildman–Crippen MR) is 80.1 cm³/mol. The van der Waals surface area contributed by atoms with Crippen molar-refractivity contribution in [3.63, 3.8) is 0 Å². The molecular weight excluding hydrogens is 268 g/mol. The molecule has 0 heterocycles. The van der Waals surface area contributed by atoms with E-state index in [2.05, 4.69) is 35.9 Å². The Bertz CT molecular complexity index is 451. The van der Waals surface area contributed by atoms with Crippen LogP contribution >= 0.6 is 25.3 Å². The Hall–Kier alpha value is -1.34. The topological polar surface area (TPSA) is 81.0 Å². The highest BCUT2D eigenvalue weighted by molar-refractivity contribution is 7.96. The minimum Gasteiger partial charge on any atom is -0.496 e. The first kappa shape index (κ1) is 14.7. The zero-order valence-corrected chi connectivity index (χ0v) is 11.7. The first-order chi connectivity index (χ1) is 8.52. The van der Waals surface area contributed by atoms with Crippen LogP contribution in [0.5, 0.6) is 5.75 Å². The van der Waals surface area contributed by atoms with Gasteiger partial charge in [0, 0.05) is 18.7 Å². The third-order valence-corrected chi connectivity index (χ3v) is 2.57. The Labute approximate surface area is 117 Å². The molecule has 18 heavy (non-hydrogen) atoms. The molecule has 1 rings (SSSR count). The van der Waals surface area contributed by atoms with E-state index in [0.717, 1.165) is 16.9 Å². The first-order valence-corrected chi connectivity index (χ1v) is 6.11. The van der Waals surface area contributed by atoms with Crippen LogP contribution in [0, 0.1) is 10.8 Å². The molecule has 98 valence electrons. The first-order valence-electron chi connectivity index (χ1n) is 5.21. The van der Waals surface area contributed by atoms with E-state index in [1.54, 1.807) is 7.11 Å². The molecule has 0 bridgehead atoms. The van der Waals surface area contributed by atoms with Crippen LogP contribution in [0.1, 0.15) is 11.1 Å². The zero-order chi connectivity index (χ0) is 13.5. The van der Waals surface area contributed by atoms with E-state index in [9.17, 15) is 0 Å². The molecule has 1 aromatic carbocycles. The second kappa shape index (κ2) is 7.17. The maximum atomic E-state index is 7.22. The number of benzene rings is 1. The van der Waals surface area contributed by atoms with E-state index in [1.165, 1.54) is 0 Å². The Balaban J connectivity index is 2.80. The van der Waals surface area contributed by atoms with Crippen molar-refractivity contribution < 1.29 is 4.74 Å². The summed E-state index contributed by atoms with van der Waals surface area (Å²) in [4.78, 5) is 0. The average molecular weight is 284 g/mol. The van der Waals surface area contributed by atoms with E-state index in [-0.39, 0.29) is 10.3 Å². The molecule has 0 aliphatic heterocycles. The van der Waals surface area contributed by atoms with Crippen LogP contribution in [0.3, 0.4) is 0 Å². The fourth-order valence-corrected chi connectivity index (χ4v) is 1.60. The van der Waals surface area contributed by atoms with Gasteiger partial charge in [-0.25, -0.2) is 0 Å². The number of amidine groups is 2. The number of hydrogen-bond acceptors (Lipinski definition) is 3. The number of hydrogen-bond donors (Lipinski definition) is 6. The van der Waals surface area contributed by atoms with Crippen molar-refractivity contribution >= 4 is 35.6 Å². The van der Waals surface area contributed by atoms with E-state index in [1.807, 2.05) is 18.2 Å². The van der Waals surface area contributed by atoms with E-state index >= 15 is 0 Å². The fraction of sp³-hybridized carbons (Fsp3) is 0.273. The molecule has 0 unspecified atom stereocenters. The quantitative estimate of drug-likeness (QED) is 0.282. The lowest BCUT2D eigenvalue weighted by Crippen LogP contribution is -2.18. The normalized spacial score (nSPS) is 9.72. The molecule has 0 saturated heterocycles. The Morgan fingerprint density at radius 3 is 2.33 bits per heavy atom. The minimum absolute atomic E-state index is 0.109. The van der Waals surface area contributed by atoms with Crippen molar-refractivity contribution in [3.05, 3.63) is 29.3 Å². The van der Waals surface area contributed by atoms with Gasteiger partial charge in [0.1, 0.15) is 5.75 Å². The number of nitrogens with one attached hydrogen (secondary N) is 4. The Kier molecular flexibility index (Phi) is 5.87. The standard InChI is InChI=1S/C11H16N4OS2/c1-16-9-3-2-7(5-14-10(12)17)4-8(9)6-15-11(13)18/h2-4H,5-6H2,1H3,(H3,12,14,17)(H3,13,15,18). The molecule has 1 aromatic rings. The predicted octanol–water partition coefficient (Wildman–Crippen LogP) is 1.60. The molecule has 0 atom stereocenters. The molecule has 0 radical (unpaired) electrons. The van der Waals surface area contributed by atoms with Crippen LogP contribution in [0.4, 0.5) is 0 Å². The van der Waals surface area contributed by atoms with Crippen molar-refractivity contribution in [2.75, 3.05) is 7.11 Å². The maximum Gasteiger partial charge on any atom is 0.150 e. The SMILES string of the molecule is COc1ccc(CNC(=N)S)cc1CNC(=N)S. The zero-order valence-electron chi connectivity index (χ0n) is 9.95. The van der Waals surface area contributed by atoms with Crippen LogP contribution in [0.25, 0.3) is 0 Å². The highest BCUT2D eigenvalue weighted by Crippen LogP contribution is 2.19. The van der Waals surface area contributed by atoms with Crippen LogP contribution in [-0.2, 0) is 13.1 Å². The third-order valence-electron chi connectivity index (χ3n) is 2.25. The fourth-order valence-electron chi connectivity index (χ4n) is 1.44. The van der Waals surface area contributed by atoms with Gasteiger partial charge in [-0.2, -0.15) is 0 Å². The van der Waals surface area contributed by atoms with Crippen molar-refractivity contribution in [2.45, 2.75) is 13.1 Å². The van der Waals surface area contributed by atoms with Gasteiger partial charge < -0.3 is 15.4 Å². The number of rotatable bonds is 5. The van der Waals surface area contributed by atoms with Gasteiger partial charge in [-0.3, -0.25) is 10.8 Å². The molecule has 0 aliphatic carbocycles. The summed E-state index contributed by atoms with van der Waals surface area (Å²) in [5.74, 6) is 0.752. The molecule has 0 spiro atoms. The van der Waals surface area contributed by atoms with Crippen molar-refractivity contribution in [2.24, 2.45) is 0 Å². The lowest BCUT2D eigenvalue weighted by atomic mass is 10.1. The monoisotopic (exact) mass is 284 g/mol. The smallest absolute Gasteiger partial charge is 0.150 e. The second-order valence-corrected chi connectivity index (χ2v) is 4.44. The molecule has 0 saturated carbocycles. The van der Waals surface area contributed by atoms with Crippen LogP contribution < -0.4 is 15.4 Å². The molecule has 0 aliphatic rings. The second-order valence-electron chi connectivity index (χ2n) is 3.55. The van der Waals surface area contributed by atoms with Gasteiger partial charge in [-0.15, -0.1) is 25.3 Å². The summed E-state index contributed by atoms with van der Waals surface area (Å²) in [5, 5.41) is 20.3. The highest BCUT2D eigenvalue weighted by atomic mass is 32.1.